The van der Waals surface area contributed by atoms with Crippen LogP contribution in [0.15, 0.2) is 18.3 Å². The van der Waals surface area contributed by atoms with Crippen LogP contribution in [0.4, 0.5) is 5.82 Å². The number of aromatic nitrogens is 1. The third kappa shape index (κ3) is 5.17. The van der Waals surface area contributed by atoms with Gasteiger partial charge in [0.2, 0.25) is 0 Å². The number of anilines is 1. The van der Waals surface area contributed by atoms with E-state index in [1.807, 2.05) is 13.8 Å². The van der Waals surface area contributed by atoms with Crippen molar-refractivity contribution in [3.05, 3.63) is 23.9 Å². The molecule has 0 aliphatic rings. The summed E-state index contributed by atoms with van der Waals surface area (Å²) in [7, 11) is 0. The highest BCUT2D eigenvalue weighted by atomic mass is 16.5. The Morgan fingerprint density at radius 1 is 1.40 bits per heavy atom. The van der Waals surface area contributed by atoms with E-state index in [2.05, 4.69) is 29.5 Å². The van der Waals surface area contributed by atoms with Gasteiger partial charge in [-0.05, 0) is 31.9 Å². The number of carbonyl (C=O) groups excluding carboxylic acids is 1. The molecule has 0 spiro atoms. The SMILES string of the molecule is CCNc1cc(C(=O)NC(COCC)C(C)C)ccn1. The monoisotopic (exact) mass is 279 g/mol. The topological polar surface area (TPSA) is 63.2 Å². The van der Waals surface area contributed by atoms with E-state index in [4.69, 9.17) is 4.74 Å². The Morgan fingerprint density at radius 2 is 2.15 bits per heavy atom. The first-order valence-corrected chi connectivity index (χ1v) is 7.17. The number of pyridine rings is 1. The molecule has 0 bridgehead atoms. The van der Waals surface area contributed by atoms with Crippen molar-refractivity contribution in [1.29, 1.82) is 0 Å². The molecule has 1 atom stereocenters. The minimum Gasteiger partial charge on any atom is -0.380 e. The Kier molecular flexibility index (Phi) is 7.01. The summed E-state index contributed by atoms with van der Waals surface area (Å²) in [5.74, 6) is 0.941. The number of nitrogens with zero attached hydrogens (tertiary/aromatic N) is 1. The number of hydrogen-bond donors (Lipinski definition) is 2. The molecule has 0 aliphatic heterocycles. The minimum atomic E-state index is -0.0926. The van der Waals surface area contributed by atoms with Gasteiger partial charge in [0.25, 0.3) is 5.91 Å². The van der Waals surface area contributed by atoms with Crippen molar-refractivity contribution in [3.8, 4) is 0 Å². The third-order valence-electron chi connectivity index (χ3n) is 3.00. The van der Waals surface area contributed by atoms with Crippen LogP contribution < -0.4 is 10.6 Å². The molecule has 1 unspecified atom stereocenters. The normalized spacial score (nSPS) is 12.2. The molecule has 1 aromatic rings. The maximum Gasteiger partial charge on any atom is 0.251 e. The van der Waals surface area contributed by atoms with Crippen molar-refractivity contribution in [2.45, 2.75) is 33.7 Å². The highest BCUT2D eigenvalue weighted by molar-refractivity contribution is 5.95. The molecule has 112 valence electrons. The number of ether oxygens (including phenoxy) is 1. The molecule has 0 aliphatic carbocycles. The predicted molar refractivity (Wildman–Crippen MR) is 81.0 cm³/mol. The van der Waals surface area contributed by atoms with Gasteiger partial charge in [0.1, 0.15) is 5.82 Å². The third-order valence-corrected chi connectivity index (χ3v) is 3.00. The number of hydrogen-bond acceptors (Lipinski definition) is 4. The Bertz CT molecular complexity index is 421. The number of carbonyl (C=O) groups is 1. The second kappa shape index (κ2) is 8.53. The molecular formula is C15H25N3O2. The molecule has 1 heterocycles. The standard InChI is InChI=1S/C15H25N3O2/c1-5-16-14-9-12(7-8-17-14)15(19)18-13(11(3)4)10-20-6-2/h7-9,11,13H,5-6,10H2,1-4H3,(H,16,17)(H,18,19). The maximum absolute atomic E-state index is 12.3. The van der Waals surface area contributed by atoms with Crippen LogP contribution in [0.25, 0.3) is 0 Å². The molecule has 5 heteroatoms. The summed E-state index contributed by atoms with van der Waals surface area (Å²) in [6.07, 6.45) is 1.64. The second-order valence-electron chi connectivity index (χ2n) is 4.94. The molecule has 0 fully saturated rings. The predicted octanol–water partition coefficient (Wildman–Crippen LogP) is 2.30. The van der Waals surface area contributed by atoms with Gasteiger partial charge in [-0.2, -0.15) is 0 Å². The van der Waals surface area contributed by atoms with Crippen LogP contribution in [0.5, 0.6) is 0 Å². The van der Waals surface area contributed by atoms with Crippen LogP contribution in [0.3, 0.4) is 0 Å². The zero-order valence-corrected chi connectivity index (χ0v) is 12.8. The minimum absolute atomic E-state index is 0.0122. The molecule has 2 N–H and O–H groups in total. The molecule has 1 aromatic heterocycles. The molecule has 0 aromatic carbocycles. The fourth-order valence-corrected chi connectivity index (χ4v) is 1.75. The number of nitrogens with one attached hydrogen (secondary N) is 2. The zero-order chi connectivity index (χ0) is 15.0. The van der Waals surface area contributed by atoms with Crippen molar-refractivity contribution < 1.29 is 9.53 Å². The number of rotatable bonds is 8. The lowest BCUT2D eigenvalue weighted by Gasteiger charge is -2.22. The van der Waals surface area contributed by atoms with Gasteiger partial charge in [-0.1, -0.05) is 13.8 Å². The van der Waals surface area contributed by atoms with Gasteiger partial charge in [0.15, 0.2) is 0 Å². The molecule has 20 heavy (non-hydrogen) atoms. The zero-order valence-electron chi connectivity index (χ0n) is 12.8. The molecule has 1 rings (SSSR count). The summed E-state index contributed by atoms with van der Waals surface area (Å²) in [5, 5.41) is 6.11. The molecule has 0 saturated carbocycles. The Balaban J connectivity index is 2.70. The van der Waals surface area contributed by atoms with Gasteiger partial charge in [0, 0.05) is 24.9 Å². The summed E-state index contributed by atoms with van der Waals surface area (Å²) < 4.78 is 5.42. The van der Waals surface area contributed by atoms with Crippen LogP contribution in [0, 0.1) is 5.92 Å². The van der Waals surface area contributed by atoms with Crippen molar-refractivity contribution in [3.63, 3.8) is 0 Å². The largest absolute Gasteiger partial charge is 0.380 e. The quantitative estimate of drug-likeness (QED) is 0.766. The van der Waals surface area contributed by atoms with Crippen molar-refractivity contribution in [2.75, 3.05) is 25.1 Å². The van der Waals surface area contributed by atoms with Gasteiger partial charge in [0.05, 0.1) is 12.6 Å². The van der Waals surface area contributed by atoms with E-state index in [1.54, 1.807) is 18.3 Å². The van der Waals surface area contributed by atoms with Crippen LogP contribution in [-0.2, 0) is 4.74 Å². The van der Waals surface area contributed by atoms with Gasteiger partial charge < -0.3 is 15.4 Å². The van der Waals surface area contributed by atoms with Gasteiger partial charge in [-0.3, -0.25) is 4.79 Å². The Morgan fingerprint density at radius 3 is 2.75 bits per heavy atom. The first-order chi connectivity index (χ1) is 9.58. The van der Waals surface area contributed by atoms with E-state index >= 15 is 0 Å². The highest BCUT2D eigenvalue weighted by Gasteiger charge is 2.17. The number of amides is 1. The maximum atomic E-state index is 12.3. The van der Waals surface area contributed by atoms with Crippen molar-refractivity contribution in [2.24, 2.45) is 5.92 Å². The van der Waals surface area contributed by atoms with E-state index in [9.17, 15) is 4.79 Å². The van der Waals surface area contributed by atoms with E-state index in [-0.39, 0.29) is 11.9 Å². The summed E-state index contributed by atoms with van der Waals surface area (Å²) in [5.41, 5.74) is 0.609. The van der Waals surface area contributed by atoms with Crippen LogP contribution >= 0.6 is 0 Å². The average Bonchev–Trinajstić information content (AvgIpc) is 2.43. The second-order valence-corrected chi connectivity index (χ2v) is 4.94. The average molecular weight is 279 g/mol. The summed E-state index contributed by atoms with van der Waals surface area (Å²) >= 11 is 0. The molecular weight excluding hydrogens is 254 g/mol. The van der Waals surface area contributed by atoms with E-state index in [0.29, 0.717) is 30.5 Å². The lowest BCUT2D eigenvalue weighted by atomic mass is 10.0. The molecule has 5 nitrogen and oxygen atoms in total. The smallest absolute Gasteiger partial charge is 0.251 e. The molecule has 0 saturated heterocycles. The van der Waals surface area contributed by atoms with Gasteiger partial charge in [-0.25, -0.2) is 4.98 Å². The van der Waals surface area contributed by atoms with Crippen molar-refractivity contribution >= 4 is 11.7 Å². The van der Waals surface area contributed by atoms with E-state index in [0.717, 1.165) is 6.54 Å². The first-order valence-electron chi connectivity index (χ1n) is 7.17. The Hall–Kier alpha value is -1.62. The fraction of sp³-hybridized carbons (Fsp3) is 0.600. The summed E-state index contributed by atoms with van der Waals surface area (Å²) in [6.45, 7) is 10.0. The van der Waals surface area contributed by atoms with E-state index in [1.165, 1.54) is 0 Å². The van der Waals surface area contributed by atoms with Crippen LogP contribution in [-0.4, -0.2) is 36.7 Å². The first kappa shape index (κ1) is 16.4. The van der Waals surface area contributed by atoms with Gasteiger partial charge >= 0.3 is 0 Å². The summed E-state index contributed by atoms with van der Waals surface area (Å²) in [6, 6.07) is 3.49. The van der Waals surface area contributed by atoms with E-state index < -0.39 is 0 Å². The molecule has 1 amide bonds. The Labute approximate surface area is 121 Å². The van der Waals surface area contributed by atoms with Gasteiger partial charge in [-0.15, -0.1) is 0 Å². The fourth-order valence-electron chi connectivity index (χ4n) is 1.75. The molecule has 0 radical (unpaired) electrons. The highest BCUT2D eigenvalue weighted by Crippen LogP contribution is 2.09. The lowest BCUT2D eigenvalue weighted by molar-refractivity contribution is 0.0806. The summed E-state index contributed by atoms with van der Waals surface area (Å²) in [4.78, 5) is 16.4. The van der Waals surface area contributed by atoms with Crippen molar-refractivity contribution in [1.82, 2.24) is 10.3 Å². The van der Waals surface area contributed by atoms with Crippen LogP contribution in [0.1, 0.15) is 38.1 Å². The van der Waals surface area contributed by atoms with Crippen LogP contribution in [0.2, 0.25) is 0 Å². The lowest BCUT2D eigenvalue weighted by Crippen LogP contribution is -2.41.